The Labute approximate surface area is 637 Å². The molecule has 7 aromatic rings. The van der Waals surface area contributed by atoms with E-state index in [2.05, 4.69) is 71.0 Å². The molecule has 0 unspecified atom stereocenters. The van der Waals surface area contributed by atoms with Crippen molar-refractivity contribution in [3.63, 3.8) is 0 Å². The third-order valence-corrected chi connectivity index (χ3v) is 20.8. The molecule has 0 radical (unpaired) electrons. The summed E-state index contributed by atoms with van der Waals surface area (Å²) >= 11 is 0. The molecule has 0 saturated heterocycles. The third kappa shape index (κ3) is 34.4. The van der Waals surface area contributed by atoms with E-state index in [1.165, 1.54) is 263 Å². The van der Waals surface area contributed by atoms with Gasteiger partial charge in [-0.15, -0.1) is 0 Å². The van der Waals surface area contributed by atoms with Crippen molar-refractivity contribution in [2.45, 2.75) is 356 Å². The van der Waals surface area contributed by atoms with Crippen molar-refractivity contribution >= 4 is 28.1 Å². The van der Waals surface area contributed by atoms with Crippen LogP contribution in [0.1, 0.15) is 366 Å². The summed E-state index contributed by atoms with van der Waals surface area (Å²) in [5.41, 5.74) is 6.77. The monoisotopic (exact) mass is 1440 g/mol. The fourth-order valence-electron chi connectivity index (χ4n) is 14.2. The lowest BCUT2D eigenvalue weighted by Crippen LogP contribution is -2.09. The Bertz CT molecular complexity index is 3380. The summed E-state index contributed by atoms with van der Waals surface area (Å²) in [7, 11) is 0. The first kappa shape index (κ1) is 85.6. The van der Waals surface area contributed by atoms with Crippen LogP contribution >= 0.6 is 0 Å². The summed E-state index contributed by atoms with van der Waals surface area (Å²) in [5.74, 6) is 4.06. The number of fused-ring (bicyclic) bond motifs is 2. The molecule has 0 aliphatic rings. The molecule has 11 nitrogen and oxygen atoms in total. The minimum atomic E-state index is -0.506. The Hall–Kier alpha value is -6.62. The van der Waals surface area contributed by atoms with Gasteiger partial charge in [0.1, 0.15) is 17.0 Å². The maximum absolute atomic E-state index is 14.3. The van der Waals surface area contributed by atoms with Gasteiger partial charge in [0.25, 0.3) is 0 Å². The van der Waals surface area contributed by atoms with Crippen LogP contribution in [0.25, 0.3) is 56.1 Å². The fraction of sp³-hybridized carbons (Fsp3) is 0.638. The zero-order valence-electron chi connectivity index (χ0n) is 66.7. The quantitative estimate of drug-likeness (QED) is 0.0206. The smallest absolute Gasteiger partial charge is 0.343 e. The zero-order chi connectivity index (χ0) is 73.7. The molecule has 7 rings (SSSR count). The van der Waals surface area contributed by atoms with Gasteiger partial charge in [0.05, 0.1) is 61.0 Å². The second-order valence-corrected chi connectivity index (χ2v) is 30.2. The van der Waals surface area contributed by atoms with E-state index in [9.17, 15) is 4.79 Å². The van der Waals surface area contributed by atoms with Gasteiger partial charge in [-0.2, -0.15) is 0 Å². The number of carbonyl (C=O) groups is 1. The van der Waals surface area contributed by atoms with Crippen molar-refractivity contribution in [3.05, 3.63) is 103 Å². The van der Waals surface area contributed by atoms with E-state index in [1.807, 2.05) is 36.4 Å². The van der Waals surface area contributed by atoms with Crippen LogP contribution < -0.4 is 28.4 Å². The van der Waals surface area contributed by atoms with Gasteiger partial charge in [-0.1, -0.05) is 324 Å². The van der Waals surface area contributed by atoms with Crippen molar-refractivity contribution < 1.29 is 37.6 Å². The summed E-state index contributed by atoms with van der Waals surface area (Å²) in [4.78, 5) is 30.0. The fourth-order valence-corrected chi connectivity index (χ4v) is 14.2. The van der Waals surface area contributed by atoms with Crippen molar-refractivity contribution in [2.24, 2.45) is 0 Å². The zero-order valence-corrected chi connectivity index (χ0v) is 66.7. The highest BCUT2D eigenvalue weighted by atomic mass is 16.5. The number of unbranched alkanes of at least 4 members (excludes halogenated alkanes) is 45. The number of hydrogen-bond donors (Lipinski definition) is 0. The van der Waals surface area contributed by atoms with E-state index >= 15 is 0 Å². The van der Waals surface area contributed by atoms with Gasteiger partial charge >= 0.3 is 5.97 Å². The van der Waals surface area contributed by atoms with Crippen LogP contribution in [-0.4, -0.2) is 54.0 Å². The predicted octanol–water partition coefficient (Wildman–Crippen LogP) is 29.5. The average molecular weight is 1440 g/mol. The maximum atomic E-state index is 14.3. The first-order valence-corrected chi connectivity index (χ1v) is 43.4. The highest BCUT2D eigenvalue weighted by molar-refractivity contribution is 5.96. The molecule has 0 fully saturated rings. The lowest BCUT2D eigenvalue weighted by molar-refractivity contribution is 0.0734. The predicted molar refractivity (Wildman–Crippen MR) is 442 cm³/mol. The van der Waals surface area contributed by atoms with E-state index in [1.54, 1.807) is 24.3 Å². The van der Waals surface area contributed by atoms with Crippen LogP contribution in [0, 0.1) is 0 Å². The molecule has 0 N–H and O–H groups in total. The SMILES string of the molecule is CCCCCCCCCCCCOc1ccc2nc(-c3ccc(OC(=O)c4ccc5nc(-c6ccc(OCCCCCCCCCCCC)c(OCCCCCCCCCCCC)c6)c(-c6ccc(OCCCCCCCCCCCC)c(OCCCCCCCCCCCC)c6)nc5c4)cc3)oc2c1. The number of carbonyl (C=O) groups excluding carboxylic acids is 1. The molecule has 105 heavy (non-hydrogen) atoms. The van der Waals surface area contributed by atoms with Crippen LogP contribution in [-0.2, 0) is 0 Å². The minimum absolute atomic E-state index is 0.354. The number of hydrogen-bond acceptors (Lipinski definition) is 11. The summed E-state index contributed by atoms with van der Waals surface area (Å²) in [6, 6.07) is 31.0. The van der Waals surface area contributed by atoms with E-state index in [4.69, 9.17) is 47.8 Å². The summed E-state index contributed by atoms with van der Waals surface area (Å²) < 4.78 is 45.4. The van der Waals surface area contributed by atoms with Crippen LogP contribution in [0.15, 0.2) is 101 Å². The molecule has 0 aliphatic heterocycles. The molecule has 0 amide bonds. The minimum Gasteiger partial charge on any atom is -0.493 e. The van der Waals surface area contributed by atoms with E-state index in [0.29, 0.717) is 89.7 Å². The van der Waals surface area contributed by atoms with Gasteiger partial charge in [0.15, 0.2) is 28.6 Å². The van der Waals surface area contributed by atoms with Crippen LogP contribution in [0.4, 0.5) is 0 Å². The van der Waals surface area contributed by atoms with E-state index < -0.39 is 5.97 Å². The van der Waals surface area contributed by atoms with Gasteiger partial charge in [-0.3, -0.25) is 0 Å². The van der Waals surface area contributed by atoms with Crippen LogP contribution in [0.5, 0.6) is 34.5 Å². The molecule has 11 heteroatoms. The molecule has 0 saturated carbocycles. The van der Waals surface area contributed by atoms with Crippen LogP contribution in [0.2, 0.25) is 0 Å². The third-order valence-electron chi connectivity index (χ3n) is 20.8. The normalized spacial score (nSPS) is 11.5. The molecule has 0 spiro atoms. The molecular weight excluding hydrogens is 1300 g/mol. The number of oxazole rings is 1. The van der Waals surface area contributed by atoms with Crippen molar-refractivity contribution in [3.8, 4) is 68.5 Å². The van der Waals surface area contributed by atoms with Crippen LogP contribution in [0.3, 0.4) is 0 Å². The Balaban J connectivity index is 1.11. The standard InChI is InChI=1S/C94H141N3O8/c1-6-11-16-21-26-31-36-41-46-51-68-99-82-63-65-84-88(76-82)105-93(97-84)77-56-61-81(62-57-77)104-94(98)80-58-64-83-85(73-80)96-92(79-60-67-87(101-70-53-48-43-38-33-28-23-18-13-8-3)90(75-79)103-72-55-50-45-40-35-30-25-20-15-10-5)91(95-83)78-59-66-86(100-69-52-47-42-37-32-27-22-17-12-7-2)89(74-78)102-71-54-49-44-39-34-29-24-19-14-9-4/h56-67,73-76H,6-55,68-72H2,1-5H3. The Morgan fingerprint density at radius 3 is 0.971 bits per heavy atom. The summed E-state index contributed by atoms with van der Waals surface area (Å²) in [6.45, 7) is 14.5. The number of aromatic nitrogens is 3. The Morgan fingerprint density at radius 2 is 0.590 bits per heavy atom. The van der Waals surface area contributed by atoms with Gasteiger partial charge in [0, 0.05) is 22.8 Å². The van der Waals surface area contributed by atoms with Gasteiger partial charge in [0.2, 0.25) is 5.89 Å². The van der Waals surface area contributed by atoms with Gasteiger partial charge in [-0.05, 0) is 123 Å². The first-order chi connectivity index (χ1) is 51.9. The van der Waals surface area contributed by atoms with Gasteiger partial charge in [-0.25, -0.2) is 19.7 Å². The number of esters is 1. The highest BCUT2D eigenvalue weighted by Crippen LogP contribution is 2.41. The molecule has 580 valence electrons. The lowest BCUT2D eigenvalue weighted by Gasteiger charge is -2.17. The van der Waals surface area contributed by atoms with Crippen molar-refractivity contribution in [1.82, 2.24) is 15.0 Å². The molecule has 2 heterocycles. The second kappa shape index (κ2) is 54.9. The first-order valence-electron chi connectivity index (χ1n) is 43.4. The van der Waals surface area contributed by atoms with E-state index in [-0.39, 0.29) is 0 Å². The molecule has 0 aliphatic carbocycles. The number of ether oxygens (including phenoxy) is 6. The number of benzene rings is 5. The van der Waals surface area contributed by atoms with Gasteiger partial charge < -0.3 is 32.8 Å². The van der Waals surface area contributed by atoms with E-state index in [0.717, 1.165) is 97.2 Å². The molecule has 0 atom stereocenters. The molecule has 0 bridgehead atoms. The van der Waals surface area contributed by atoms with Crippen molar-refractivity contribution in [1.29, 1.82) is 0 Å². The topological polar surface area (TPSA) is 124 Å². The number of nitrogens with zero attached hydrogens (tertiary/aromatic N) is 3. The molecular formula is C94H141N3O8. The second-order valence-electron chi connectivity index (χ2n) is 30.2. The van der Waals surface area contributed by atoms with Crippen molar-refractivity contribution in [2.75, 3.05) is 33.0 Å². The average Bonchev–Trinajstić information content (AvgIpc) is 1.35. The molecule has 2 aromatic heterocycles. The maximum Gasteiger partial charge on any atom is 0.343 e. The molecule has 5 aromatic carbocycles. The Kier molecular flexibility index (Phi) is 44.8. The summed E-state index contributed by atoms with van der Waals surface area (Å²) in [5, 5.41) is 0. The largest absolute Gasteiger partial charge is 0.493 e. The lowest BCUT2D eigenvalue weighted by atomic mass is 10.0. The number of rotatable bonds is 65. The highest BCUT2D eigenvalue weighted by Gasteiger charge is 2.21. The summed E-state index contributed by atoms with van der Waals surface area (Å²) in [6.07, 6.45) is 63.3. The Morgan fingerprint density at radius 1 is 0.276 bits per heavy atom.